The first-order valence-corrected chi connectivity index (χ1v) is 5.25. The van der Waals surface area contributed by atoms with Crippen LogP contribution in [0.3, 0.4) is 0 Å². The number of methoxy groups -OCH3 is 1. The third kappa shape index (κ3) is 2.52. The Morgan fingerprint density at radius 2 is 2.36 bits per heavy atom. The van der Waals surface area contributed by atoms with Crippen molar-refractivity contribution in [3.05, 3.63) is 15.6 Å². The quantitative estimate of drug-likeness (QED) is 0.763. The number of aryl methyl sites for hydroxylation is 2. The average Bonchev–Trinajstić information content (AvgIpc) is 2.55. The van der Waals surface area contributed by atoms with E-state index < -0.39 is 0 Å². The third-order valence-corrected chi connectivity index (χ3v) is 2.84. The summed E-state index contributed by atoms with van der Waals surface area (Å²) in [6, 6.07) is 0. The number of carbonyl (C=O) groups excluding carboxylic acids is 1. The Bertz CT molecular complexity index is 323. The molecule has 0 aromatic carbocycles. The van der Waals surface area contributed by atoms with Crippen molar-refractivity contribution in [1.29, 1.82) is 0 Å². The number of nitrogens with zero attached hydrogens (tertiary/aromatic N) is 1. The van der Waals surface area contributed by atoms with Crippen LogP contribution in [0, 0.1) is 6.92 Å². The number of hydrogen-bond donors (Lipinski definition) is 1. The van der Waals surface area contributed by atoms with Crippen LogP contribution < -0.4 is 5.73 Å². The summed E-state index contributed by atoms with van der Waals surface area (Å²) in [5.74, 6) is -0.363. The summed E-state index contributed by atoms with van der Waals surface area (Å²) in [4.78, 5) is 16.3. The van der Waals surface area contributed by atoms with Crippen LogP contribution in [0.15, 0.2) is 0 Å². The molecule has 1 aromatic rings. The Morgan fingerprint density at radius 1 is 1.64 bits per heavy atom. The van der Waals surface area contributed by atoms with Gasteiger partial charge in [0.2, 0.25) is 0 Å². The van der Waals surface area contributed by atoms with E-state index in [0.29, 0.717) is 12.2 Å². The highest BCUT2D eigenvalue weighted by atomic mass is 32.1. The second kappa shape index (κ2) is 5.07. The van der Waals surface area contributed by atoms with Gasteiger partial charge in [-0.2, -0.15) is 0 Å². The van der Waals surface area contributed by atoms with E-state index in [4.69, 9.17) is 5.73 Å². The fourth-order valence-corrected chi connectivity index (χ4v) is 2.06. The van der Waals surface area contributed by atoms with Crippen molar-refractivity contribution in [3.8, 4) is 0 Å². The predicted molar refractivity (Wildman–Crippen MR) is 55.6 cm³/mol. The van der Waals surface area contributed by atoms with Crippen molar-refractivity contribution < 1.29 is 9.53 Å². The standard InChI is InChI=1S/C9H14N2O2S/c1-6-8(9(12)13-2)11-7(14-6)4-3-5-10/h3-5,10H2,1-2H3. The van der Waals surface area contributed by atoms with E-state index in [9.17, 15) is 4.79 Å². The summed E-state index contributed by atoms with van der Waals surface area (Å²) >= 11 is 1.53. The molecular weight excluding hydrogens is 200 g/mol. The fourth-order valence-electron chi connectivity index (χ4n) is 1.10. The van der Waals surface area contributed by atoms with E-state index in [-0.39, 0.29) is 5.97 Å². The van der Waals surface area contributed by atoms with Crippen LogP contribution in [-0.4, -0.2) is 24.6 Å². The van der Waals surface area contributed by atoms with Crippen LogP contribution in [0.1, 0.15) is 26.8 Å². The highest BCUT2D eigenvalue weighted by Gasteiger charge is 2.14. The fraction of sp³-hybridized carbons (Fsp3) is 0.556. The monoisotopic (exact) mass is 214 g/mol. The molecule has 1 heterocycles. The van der Waals surface area contributed by atoms with Crippen molar-refractivity contribution in [2.45, 2.75) is 19.8 Å². The zero-order chi connectivity index (χ0) is 10.6. The molecule has 1 rings (SSSR count). The zero-order valence-electron chi connectivity index (χ0n) is 8.37. The molecule has 0 unspecified atom stereocenters. The summed E-state index contributed by atoms with van der Waals surface area (Å²) in [6.07, 6.45) is 1.73. The van der Waals surface area contributed by atoms with Gasteiger partial charge in [-0.15, -0.1) is 11.3 Å². The van der Waals surface area contributed by atoms with Gasteiger partial charge in [-0.3, -0.25) is 0 Å². The third-order valence-electron chi connectivity index (χ3n) is 1.81. The first kappa shape index (κ1) is 11.1. The number of thiazole rings is 1. The van der Waals surface area contributed by atoms with E-state index in [0.717, 1.165) is 22.7 Å². The topological polar surface area (TPSA) is 65.2 Å². The lowest BCUT2D eigenvalue weighted by Crippen LogP contribution is -2.04. The first-order valence-electron chi connectivity index (χ1n) is 4.43. The molecule has 1 aromatic heterocycles. The highest BCUT2D eigenvalue weighted by molar-refractivity contribution is 7.11. The minimum atomic E-state index is -0.363. The van der Waals surface area contributed by atoms with Crippen LogP contribution in [0.25, 0.3) is 0 Å². The van der Waals surface area contributed by atoms with Gasteiger partial charge in [0, 0.05) is 11.3 Å². The summed E-state index contributed by atoms with van der Waals surface area (Å²) < 4.78 is 4.62. The van der Waals surface area contributed by atoms with Gasteiger partial charge in [0.1, 0.15) is 0 Å². The van der Waals surface area contributed by atoms with Gasteiger partial charge in [0.25, 0.3) is 0 Å². The molecular formula is C9H14N2O2S. The molecule has 0 fully saturated rings. The van der Waals surface area contributed by atoms with Crippen LogP contribution in [0.2, 0.25) is 0 Å². The molecule has 0 bridgehead atoms. The van der Waals surface area contributed by atoms with Crippen molar-refractivity contribution in [2.75, 3.05) is 13.7 Å². The van der Waals surface area contributed by atoms with Crippen LogP contribution in [0.5, 0.6) is 0 Å². The maximum Gasteiger partial charge on any atom is 0.357 e. The van der Waals surface area contributed by atoms with Gasteiger partial charge in [0.15, 0.2) is 5.69 Å². The minimum Gasteiger partial charge on any atom is -0.464 e. The molecule has 0 spiro atoms. The first-order chi connectivity index (χ1) is 6.69. The van der Waals surface area contributed by atoms with Gasteiger partial charge in [-0.25, -0.2) is 9.78 Å². The Hall–Kier alpha value is -0.940. The van der Waals surface area contributed by atoms with E-state index in [1.165, 1.54) is 18.4 Å². The van der Waals surface area contributed by atoms with Crippen molar-refractivity contribution in [3.63, 3.8) is 0 Å². The summed E-state index contributed by atoms with van der Waals surface area (Å²) in [5.41, 5.74) is 5.83. The maximum absolute atomic E-state index is 11.2. The van der Waals surface area contributed by atoms with Crippen LogP contribution in [0.4, 0.5) is 0 Å². The molecule has 2 N–H and O–H groups in total. The normalized spacial score (nSPS) is 10.2. The number of esters is 1. The average molecular weight is 214 g/mol. The van der Waals surface area contributed by atoms with Gasteiger partial charge in [-0.1, -0.05) is 0 Å². The molecule has 5 heteroatoms. The second-order valence-corrected chi connectivity index (χ2v) is 4.18. The predicted octanol–water partition coefficient (Wildman–Crippen LogP) is 1.13. The molecule has 4 nitrogen and oxygen atoms in total. The summed E-state index contributed by atoms with van der Waals surface area (Å²) in [5, 5.41) is 0.952. The summed E-state index contributed by atoms with van der Waals surface area (Å²) in [7, 11) is 1.36. The summed E-state index contributed by atoms with van der Waals surface area (Å²) in [6.45, 7) is 2.52. The molecule has 0 aliphatic carbocycles. The SMILES string of the molecule is COC(=O)c1nc(CCCN)sc1C. The Morgan fingerprint density at radius 3 is 2.93 bits per heavy atom. The van der Waals surface area contributed by atoms with Crippen molar-refractivity contribution in [2.24, 2.45) is 5.73 Å². The molecule has 0 saturated carbocycles. The minimum absolute atomic E-state index is 0.363. The van der Waals surface area contributed by atoms with E-state index in [1.807, 2.05) is 6.92 Å². The lowest BCUT2D eigenvalue weighted by Gasteiger charge is -1.94. The number of carbonyl (C=O) groups is 1. The Labute approximate surface area is 87.1 Å². The van der Waals surface area contributed by atoms with Gasteiger partial charge in [-0.05, 0) is 19.9 Å². The molecule has 0 saturated heterocycles. The molecule has 0 aliphatic rings. The second-order valence-electron chi connectivity index (χ2n) is 2.90. The van der Waals surface area contributed by atoms with E-state index in [1.54, 1.807) is 0 Å². The van der Waals surface area contributed by atoms with Gasteiger partial charge < -0.3 is 10.5 Å². The van der Waals surface area contributed by atoms with Gasteiger partial charge in [0.05, 0.1) is 12.1 Å². The number of rotatable bonds is 4. The lowest BCUT2D eigenvalue weighted by atomic mass is 10.3. The Kier molecular flexibility index (Phi) is 4.03. The Balaban J connectivity index is 2.77. The smallest absolute Gasteiger partial charge is 0.357 e. The molecule has 0 radical (unpaired) electrons. The lowest BCUT2D eigenvalue weighted by molar-refractivity contribution is 0.0594. The number of aromatic nitrogens is 1. The number of nitrogens with two attached hydrogens (primary N) is 1. The number of ether oxygens (including phenoxy) is 1. The molecule has 0 atom stereocenters. The van der Waals surface area contributed by atoms with Gasteiger partial charge >= 0.3 is 5.97 Å². The number of hydrogen-bond acceptors (Lipinski definition) is 5. The largest absolute Gasteiger partial charge is 0.464 e. The molecule has 14 heavy (non-hydrogen) atoms. The molecule has 0 aliphatic heterocycles. The molecule has 0 amide bonds. The van der Waals surface area contributed by atoms with Crippen molar-refractivity contribution in [1.82, 2.24) is 4.98 Å². The van der Waals surface area contributed by atoms with Crippen molar-refractivity contribution >= 4 is 17.3 Å². The maximum atomic E-state index is 11.2. The molecule has 78 valence electrons. The zero-order valence-corrected chi connectivity index (χ0v) is 9.19. The van der Waals surface area contributed by atoms with E-state index in [2.05, 4.69) is 9.72 Å². The van der Waals surface area contributed by atoms with Crippen LogP contribution >= 0.6 is 11.3 Å². The highest BCUT2D eigenvalue weighted by Crippen LogP contribution is 2.19. The van der Waals surface area contributed by atoms with E-state index >= 15 is 0 Å². The van der Waals surface area contributed by atoms with Crippen LogP contribution in [-0.2, 0) is 11.2 Å².